The first-order valence-corrected chi connectivity index (χ1v) is 6.75. The fraction of sp³-hybridized carbons (Fsp3) is 0.643. The summed E-state index contributed by atoms with van der Waals surface area (Å²) in [7, 11) is 0. The SMILES string of the molecule is OCCC1CCC(c2ncc(F)cc2C(F)(F)F)CC1. The number of hydrogen-bond acceptors (Lipinski definition) is 2. The molecular weight excluding hydrogens is 274 g/mol. The van der Waals surface area contributed by atoms with E-state index < -0.39 is 17.6 Å². The molecule has 112 valence electrons. The Kier molecular flexibility index (Phi) is 4.62. The van der Waals surface area contributed by atoms with Crippen LogP contribution in [0.2, 0.25) is 0 Å². The number of aromatic nitrogens is 1. The number of aliphatic hydroxyl groups excluding tert-OH is 1. The van der Waals surface area contributed by atoms with Crippen molar-refractivity contribution in [3.8, 4) is 0 Å². The lowest BCUT2D eigenvalue weighted by molar-refractivity contribution is -0.139. The zero-order chi connectivity index (χ0) is 14.8. The van der Waals surface area contributed by atoms with Crippen LogP contribution in [0, 0.1) is 11.7 Å². The highest BCUT2D eigenvalue weighted by Gasteiger charge is 2.37. The minimum atomic E-state index is -4.58. The highest BCUT2D eigenvalue weighted by Crippen LogP contribution is 2.41. The van der Waals surface area contributed by atoms with E-state index in [1.165, 1.54) is 0 Å². The molecular formula is C14H17F4NO. The van der Waals surface area contributed by atoms with Crippen LogP contribution in [0.5, 0.6) is 0 Å². The van der Waals surface area contributed by atoms with Crippen LogP contribution >= 0.6 is 0 Å². The molecule has 0 unspecified atom stereocenters. The zero-order valence-electron chi connectivity index (χ0n) is 11.0. The molecule has 1 aliphatic carbocycles. The minimum absolute atomic E-state index is 0.0404. The van der Waals surface area contributed by atoms with Gasteiger partial charge in [0.25, 0.3) is 0 Å². The maximum Gasteiger partial charge on any atom is 0.418 e. The van der Waals surface area contributed by atoms with Crippen LogP contribution in [0.15, 0.2) is 12.3 Å². The molecule has 0 saturated heterocycles. The smallest absolute Gasteiger partial charge is 0.396 e. The van der Waals surface area contributed by atoms with Gasteiger partial charge in [-0.1, -0.05) is 0 Å². The average Bonchev–Trinajstić information content (AvgIpc) is 2.39. The topological polar surface area (TPSA) is 33.1 Å². The molecule has 0 atom stereocenters. The third-order valence-electron chi connectivity index (χ3n) is 3.96. The van der Waals surface area contributed by atoms with Crippen molar-refractivity contribution in [2.75, 3.05) is 6.61 Å². The van der Waals surface area contributed by atoms with Crippen LogP contribution in [0.3, 0.4) is 0 Å². The molecule has 1 aromatic rings. The molecule has 0 aliphatic heterocycles. The molecule has 6 heteroatoms. The van der Waals surface area contributed by atoms with Crippen molar-refractivity contribution in [1.29, 1.82) is 0 Å². The quantitative estimate of drug-likeness (QED) is 0.857. The van der Waals surface area contributed by atoms with Crippen molar-refractivity contribution in [2.24, 2.45) is 5.92 Å². The molecule has 1 aromatic heterocycles. The zero-order valence-corrected chi connectivity index (χ0v) is 11.0. The maximum atomic E-state index is 13.0. The monoisotopic (exact) mass is 291 g/mol. The number of rotatable bonds is 3. The van der Waals surface area contributed by atoms with Gasteiger partial charge >= 0.3 is 6.18 Å². The standard InChI is InChI=1S/C14H17F4NO/c15-11-7-12(14(16,17)18)13(19-8-11)10-3-1-9(2-4-10)5-6-20/h7-10,20H,1-6H2. The molecule has 1 fully saturated rings. The molecule has 0 bridgehead atoms. The van der Waals surface area contributed by atoms with E-state index in [-0.39, 0.29) is 18.2 Å². The third-order valence-corrected chi connectivity index (χ3v) is 3.96. The van der Waals surface area contributed by atoms with Gasteiger partial charge < -0.3 is 5.11 Å². The summed E-state index contributed by atoms with van der Waals surface area (Å²) >= 11 is 0. The second-order valence-corrected chi connectivity index (χ2v) is 5.31. The van der Waals surface area contributed by atoms with Crippen LogP contribution < -0.4 is 0 Å². The van der Waals surface area contributed by atoms with Gasteiger partial charge in [0, 0.05) is 12.5 Å². The number of pyridine rings is 1. The van der Waals surface area contributed by atoms with Gasteiger partial charge in [-0.05, 0) is 44.1 Å². The van der Waals surface area contributed by atoms with E-state index in [1.807, 2.05) is 0 Å². The highest BCUT2D eigenvalue weighted by atomic mass is 19.4. The van der Waals surface area contributed by atoms with E-state index in [4.69, 9.17) is 5.11 Å². The van der Waals surface area contributed by atoms with E-state index >= 15 is 0 Å². The lowest BCUT2D eigenvalue weighted by Gasteiger charge is -2.29. The van der Waals surface area contributed by atoms with Crippen LogP contribution in [0.25, 0.3) is 0 Å². The second-order valence-electron chi connectivity index (χ2n) is 5.31. The fourth-order valence-corrected chi connectivity index (χ4v) is 2.91. The maximum absolute atomic E-state index is 13.0. The molecule has 1 heterocycles. The van der Waals surface area contributed by atoms with Crippen molar-refractivity contribution in [3.05, 3.63) is 29.3 Å². The van der Waals surface area contributed by atoms with Crippen molar-refractivity contribution < 1.29 is 22.7 Å². The third kappa shape index (κ3) is 3.48. The average molecular weight is 291 g/mol. The first-order valence-electron chi connectivity index (χ1n) is 6.75. The van der Waals surface area contributed by atoms with E-state index in [1.54, 1.807) is 0 Å². The molecule has 0 radical (unpaired) electrons. The molecule has 0 spiro atoms. The Balaban J connectivity index is 2.18. The van der Waals surface area contributed by atoms with Gasteiger partial charge in [-0.15, -0.1) is 0 Å². The summed E-state index contributed by atoms with van der Waals surface area (Å²) in [5, 5.41) is 8.88. The Morgan fingerprint density at radius 2 is 1.85 bits per heavy atom. The molecule has 20 heavy (non-hydrogen) atoms. The molecule has 2 nitrogen and oxygen atoms in total. The van der Waals surface area contributed by atoms with E-state index in [9.17, 15) is 17.6 Å². The Morgan fingerprint density at radius 1 is 1.20 bits per heavy atom. The lowest BCUT2D eigenvalue weighted by atomic mass is 9.78. The van der Waals surface area contributed by atoms with Crippen LogP contribution in [0.4, 0.5) is 17.6 Å². The largest absolute Gasteiger partial charge is 0.418 e. The first kappa shape index (κ1) is 15.2. The number of alkyl halides is 3. The van der Waals surface area contributed by atoms with Crippen molar-refractivity contribution in [1.82, 2.24) is 4.98 Å². The van der Waals surface area contributed by atoms with Gasteiger partial charge in [-0.2, -0.15) is 13.2 Å². The second kappa shape index (κ2) is 6.08. The Hall–Kier alpha value is -1.17. The van der Waals surface area contributed by atoms with Gasteiger partial charge in [0.2, 0.25) is 0 Å². The van der Waals surface area contributed by atoms with Gasteiger partial charge in [0.05, 0.1) is 17.5 Å². The Morgan fingerprint density at radius 3 is 2.40 bits per heavy atom. The predicted molar refractivity (Wildman–Crippen MR) is 65.6 cm³/mol. The van der Waals surface area contributed by atoms with Crippen molar-refractivity contribution >= 4 is 0 Å². The Bertz CT molecular complexity index is 453. The summed E-state index contributed by atoms with van der Waals surface area (Å²) in [5.74, 6) is -0.872. The highest BCUT2D eigenvalue weighted by molar-refractivity contribution is 5.27. The van der Waals surface area contributed by atoms with Crippen LogP contribution in [-0.2, 0) is 6.18 Å². The normalized spacial score (nSPS) is 23.9. The van der Waals surface area contributed by atoms with E-state index in [0.29, 0.717) is 31.2 Å². The van der Waals surface area contributed by atoms with Gasteiger partial charge in [0.15, 0.2) is 0 Å². The first-order chi connectivity index (χ1) is 9.41. The molecule has 0 amide bonds. The van der Waals surface area contributed by atoms with Crippen LogP contribution in [-0.4, -0.2) is 16.7 Å². The minimum Gasteiger partial charge on any atom is -0.396 e. The summed E-state index contributed by atoms with van der Waals surface area (Å²) in [6.45, 7) is 0.109. The summed E-state index contributed by atoms with van der Waals surface area (Å²) in [4.78, 5) is 3.69. The van der Waals surface area contributed by atoms with Gasteiger partial charge in [-0.25, -0.2) is 4.39 Å². The van der Waals surface area contributed by atoms with Crippen molar-refractivity contribution in [2.45, 2.75) is 44.2 Å². The van der Waals surface area contributed by atoms with E-state index in [0.717, 1.165) is 19.0 Å². The molecule has 2 rings (SSSR count). The summed E-state index contributed by atoms with van der Waals surface area (Å²) < 4.78 is 51.8. The summed E-state index contributed by atoms with van der Waals surface area (Å²) in [6, 6.07) is 0.530. The molecule has 1 N–H and O–H groups in total. The Labute approximate surface area is 114 Å². The van der Waals surface area contributed by atoms with E-state index in [2.05, 4.69) is 4.98 Å². The number of aliphatic hydroxyl groups is 1. The molecule has 1 aliphatic rings. The fourth-order valence-electron chi connectivity index (χ4n) is 2.91. The number of hydrogen-bond donors (Lipinski definition) is 1. The number of halogens is 4. The van der Waals surface area contributed by atoms with Crippen LogP contribution in [0.1, 0.15) is 49.3 Å². The summed E-state index contributed by atoms with van der Waals surface area (Å²) in [5.41, 5.74) is -0.996. The summed E-state index contributed by atoms with van der Waals surface area (Å²) in [6.07, 6.45) is -0.269. The predicted octanol–water partition coefficient (Wildman–Crippen LogP) is 3.90. The van der Waals surface area contributed by atoms with Crippen molar-refractivity contribution in [3.63, 3.8) is 0 Å². The molecule has 1 saturated carbocycles. The number of nitrogens with zero attached hydrogens (tertiary/aromatic N) is 1. The van der Waals surface area contributed by atoms with Gasteiger partial charge in [-0.3, -0.25) is 4.98 Å². The van der Waals surface area contributed by atoms with Gasteiger partial charge in [0.1, 0.15) is 5.82 Å². The molecule has 0 aromatic carbocycles. The lowest BCUT2D eigenvalue weighted by Crippen LogP contribution is -2.19.